The monoisotopic (exact) mass is 628 g/mol. The minimum atomic E-state index is -4.77. The molecule has 0 atom stereocenters. The number of carbonyl (C=O) groups is 2. The van der Waals surface area contributed by atoms with Crippen LogP contribution in [-0.4, -0.2) is 49.0 Å². The fraction of sp³-hybridized carbons (Fsp3) is 0.613. The van der Waals surface area contributed by atoms with E-state index >= 15 is 0 Å². The van der Waals surface area contributed by atoms with Crippen molar-refractivity contribution in [2.24, 2.45) is 23.2 Å². The average Bonchev–Trinajstić information content (AvgIpc) is 3.45. The number of esters is 1. The number of halogens is 3. The Balaban J connectivity index is 1.03. The van der Waals surface area contributed by atoms with Gasteiger partial charge in [-0.15, -0.1) is 5.10 Å². The highest BCUT2D eigenvalue weighted by molar-refractivity contribution is 7.80. The number of hydrogen-bond donors (Lipinski definition) is 0. The molecule has 4 saturated carbocycles. The summed E-state index contributed by atoms with van der Waals surface area (Å²) in [5, 5.41) is 17.5. The van der Waals surface area contributed by atoms with Gasteiger partial charge in [-0.25, -0.2) is 0 Å². The molecule has 7 rings (SSSR count). The Bertz CT molecular complexity index is 1490. The number of hydrogen-bond acceptors (Lipinski definition) is 7. The Hall–Kier alpha value is -3.53. The van der Waals surface area contributed by atoms with E-state index in [9.17, 15) is 22.8 Å². The molecule has 1 aromatic heterocycles. The minimum absolute atomic E-state index is 0.0262. The molecular formula is C31H35F3N6O3S. The Kier molecular flexibility index (Phi) is 7.71. The zero-order valence-corrected chi connectivity index (χ0v) is 25.6. The fourth-order valence-electron chi connectivity index (χ4n) is 8.29. The maximum Gasteiger partial charge on any atom is 0.417 e. The van der Waals surface area contributed by atoms with E-state index in [1.807, 2.05) is 0 Å². The number of anilines is 1. The molecule has 5 fully saturated rings. The molecule has 0 unspecified atom stereocenters. The summed E-state index contributed by atoms with van der Waals surface area (Å²) in [5.74, 6) is 1.75. The largest absolute Gasteiger partial charge is 0.466 e. The smallest absolute Gasteiger partial charge is 0.417 e. The van der Waals surface area contributed by atoms with Gasteiger partial charge in [0.25, 0.3) is 5.91 Å². The topological polar surface area (TPSA) is 104 Å². The molecule has 0 spiro atoms. The van der Waals surface area contributed by atoms with Crippen LogP contribution in [0.25, 0.3) is 0 Å². The van der Waals surface area contributed by atoms with E-state index < -0.39 is 28.7 Å². The van der Waals surface area contributed by atoms with Gasteiger partial charge in [0, 0.05) is 13.0 Å². The maximum absolute atomic E-state index is 13.6. The van der Waals surface area contributed by atoms with Crippen molar-refractivity contribution < 1.29 is 27.5 Å². The third-order valence-electron chi connectivity index (χ3n) is 9.90. The second kappa shape index (κ2) is 11.1. The van der Waals surface area contributed by atoms with Crippen LogP contribution in [-0.2, 0) is 33.6 Å². The number of nitriles is 1. The summed E-state index contributed by atoms with van der Waals surface area (Å²) in [7, 11) is 0. The van der Waals surface area contributed by atoms with Crippen LogP contribution in [0.2, 0.25) is 0 Å². The van der Waals surface area contributed by atoms with Crippen molar-refractivity contribution in [2.75, 3.05) is 11.5 Å². The molecule has 0 radical (unpaired) electrons. The van der Waals surface area contributed by atoms with Gasteiger partial charge in [0.15, 0.2) is 5.11 Å². The van der Waals surface area contributed by atoms with Crippen molar-refractivity contribution in [3.05, 3.63) is 41.2 Å². The summed E-state index contributed by atoms with van der Waals surface area (Å²) in [5.41, 5.74) is -2.24. The molecule has 44 heavy (non-hydrogen) atoms. The van der Waals surface area contributed by atoms with E-state index in [0.717, 1.165) is 34.8 Å². The van der Waals surface area contributed by atoms with Gasteiger partial charge in [0.1, 0.15) is 11.2 Å². The Morgan fingerprint density at radius 2 is 1.82 bits per heavy atom. The molecule has 4 aliphatic carbocycles. The summed E-state index contributed by atoms with van der Waals surface area (Å²) in [4.78, 5) is 28.7. The van der Waals surface area contributed by atoms with E-state index in [4.69, 9.17) is 22.2 Å². The Labute approximate surface area is 259 Å². The molecule has 5 aliphatic rings. The second-order valence-corrected chi connectivity index (χ2v) is 13.9. The van der Waals surface area contributed by atoms with E-state index in [0.29, 0.717) is 25.1 Å². The number of aryl methyl sites for hydroxylation is 1. The Morgan fingerprint density at radius 3 is 2.43 bits per heavy atom. The molecule has 1 amide bonds. The van der Waals surface area contributed by atoms with Gasteiger partial charge in [-0.2, -0.15) is 18.4 Å². The van der Waals surface area contributed by atoms with Crippen molar-refractivity contribution in [2.45, 2.75) is 90.0 Å². The summed E-state index contributed by atoms with van der Waals surface area (Å²) >= 11 is 5.56. The molecule has 234 valence electrons. The first-order valence-electron chi connectivity index (χ1n) is 15.1. The zero-order valence-electron chi connectivity index (χ0n) is 24.8. The number of amides is 1. The van der Waals surface area contributed by atoms with Gasteiger partial charge >= 0.3 is 12.1 Å². The van der Waals surface area contributed by atoms with Crippen molar-refractivity contribution in [3.8, 4) is 6.07 Å². The number of aromatic nitrogens is 3. The zero-order chi connectivity index (χ0) is 31.4. The molecule has 0 N–H and O–H groups in total. The van der Waals surface area contributed by atoms with Crippen molar-refractivity contribution in [3.63, 3.8) is 0 Å². The van der Waals surface area contributed by atoms with Crippen molar-refractivity contribution in [1.82, 2.24) is 19.9 Å². The number of alkyl halides is 3. The molecule has 2 aromatic rings. The van der Waals surface area contributed by atoms with E-state index in [1.165, 1.54) is 44.6 Å². The molecule has 13 heteroatoms. The van der Waals surface area contributed by atoms with Gasteiger partial charge in [0.05, 0.1) is 48.7 Å². The van der Waals surface area contributed by atoms with Crippen molar-refractivity contribution >= 4 is 34.9 Å². The van der Waals surface area contributed by atoms with Crippen LogP contribution in [0, 0.1) is 34.5 Å². The molecule has 1 aromatic carbocycles. The number of ether oxygens (including phenoxy) is 1. The predicted octanol–water partition coefficient (Wildman–Crippen LogP) is 5.62. The van der Waals surface area contributed by atoms with Crippen LogP contribution >= 0.6 is 12.2 Å². The van der Waals surface area contributed by atoms with Crippen LogP contribution < -0.4 is 4.90 Å². The minimum Gasteiger partial charge on any atom is -0.466 e. The first-order valence-corrected chi connectivity index (χ1v) is 15.5. The summed E-state index contributed by atoms with van der Waals surface area (Å²) < 4.78 is 48.0. The molecule has 1 aliphatic heterocycles. The van der Waals surface area contributed by atoms with Gasteiger partial charge in [0.2, 0.25) is 0 Å². The highest BCUT2D eigenvalue weighted by atomic mass is 32.1. The van der Waals surface area contributed by atoms with Gasteiger partial charge in [-0.05, 0) is 106 Å². The first kappa shape index (κ1) is 30.5. The van der Waals surface area contributed by atoms with Crippen LogP contribution in [0.5, 0.6) is 0 Å². The molecule has 9 nitrogen and oxygen atoms in total. The van der Waals surface area contributed by atoms with Gasteiger partial charge in [-0.3, -0.25) is 19.2 Å². The lowest BCUT2D eigenvalue weighted by molar-refractivity contribution is -0.152. The number of nitrogens with zero attached hydrogens (tertiary/aromatic N) is 6. The lowest BCUT2D eigenvalue weighted by atomic mass is 9.49. The lowest BCUT2D eigenvalue weighted by Crippen LogP contribution is -2.47. The fourth-order valence-corrected chi connectivity index (χ4v) is 8.77. The van der Waals surface area contributed by atoms with Crippen LogP contribution in [0.4, 0.5) is 18.9 Å². The van der Waals surface area contributed by atoms with E-state index in [-0.39, 0.29) is 35.3 Å². The average molecular weight is 629 g/mol. The maximum atomic E-state index is 13.6. The number of carbonyl (C=O) groups excluding carboxylic acids is 2. The lowest BCUT2D eigenvalue weighted by Gasteiger charge is -2.56. The molecule has 4 bridgehead atoms. The van der Waals surface area contributed by atoms with E-state index in [1.54, 1.807) is 35.7 Å². The second-order valence-electron chi connectivity index (χ2n) is 13.5. The highest BCUT2D eigenvalue weighted by Gasteiger charge is 2.52. The standard InChI is InChI=1S/C31H35F3N6O3S/c1-29(2)27(42)40(24-5-4-22(16-35)25(11-24)31(32,33)34)28(44)39(29)18-23-17-38(37-36-23)6-3-7-43-26(41)15-30-12-19-8-20(13-30)10-21(9-19)14-30/h4-5,11,17,19-21H,3,6-10,12-15,18H2,1-2H3. The quantitative estimate of drug-likeness (QED) is 0.200. The third-order valence-corrected chi connectivity index (χ3v) is 10.3. The Morgan fingerprint density at radius 1 is 1.16 bits per heavy atom. The van der Waals surface area contributed by atoms with Gasteiger partial charge < -0.3 is 9.64 Å². The summed E-state index contributed by atoms with van der Waals surface area (Å²) in [6, 6.07) is 4.64. The SMILES string of the molecule is CC1(C)C(=O)N(c2ccc(C#N)c(C(F)(F)F)c2)C(=S)N1Cc1cn(CCCOC(=O)CC23CC4CC(CC(C4)C2)C3)nn1. The number of thiocarbonyl (C=S) groups is 1. The molecular weight excluding hydrogens is 593 g/mol. The van der Waals surface area contributed by atoms with Crippen molar-refractivity contribution in [1.29, 1.82) is 5.26 Å². The number of benzene rings is 1. The van der Waals surface area contributed by atoms with Gasteiger partial charge in [-0.1, -0.05) is 5.21 Å². The summed E-state index contributed by atoms with van der Waals surface area (Å²) in [6.45, 7) is 4.15. The highest BCUT2D eigenvalue weighted by Crippen LogP contribution is 2.61. The first-order chi connectivity index (χ1) is 20.8. The molecule has 2 heterocycles. The normalized spacial score (nSPS) is 27.2. The van der Waals surface area contributed by atoms with E-state index in [2.05, 4.69) is 10.3 Å². The summed E-state index contributed by atoms with van der Waals surface area (Å²) in [6.07, 6.45) is 5.53. The predicted molar refractivity (Wildman–Crippen MR) is 157 cm³/mol. The van der Waals surface area contributed by atoms with Crippen LogP contribution in [0.15, 0.2) is 24.4 Å². The van der Waals surface area contributed by atoms with Crippen LogP contribution in [0.1, 0.15) is 82.0 Å². The molecule has 1 saturated heterocycles. The van der Waals surface area contributed by atoms with Crippen LogP contribution in [0.3, 0.4) is 0 Å². The number of rotatable bonds is 9. The third kappa shape index (κ3) is 5.69.